The molecule has 1 aliphatic rings. The zero-order chi connectivity index (χ0) is 26.5. The molecule has 1 aliphatic heterocycles. The zero-order valence-corrected chi connectivity index (χ0v) is 21.8. The van der Waals surface area contributed by atoms with E-state index in [1.54, 1.807) is 31.2 Å². The van der Waals surface area contributed by atoms with Gasteiger partial charge in [-0.05, 0) is 77.0 Å². The molecule has 37 heavy (non-hydrogen) atoms. The van der Waals surface area contributed by atoms with Crippen LogP contribution in [-0.2, 0) is 20.9 Å². The van der Waals surface area contributed by atoms with E-state index < -0.39 is 23.8 Å². The molecule has 188 valence electrons. The predicted molar refractivity (Wildman–Crippen MR) is 141 cm³/mol. The molecular weight excluding hydrogens is 564 g/mol. The average molecular weight is 584 g/mol. The number of nitrogens with one attached hydrogen (secondary N) is 1. The molecule has 1 fully saturated rings. The van der Waals surface area contributed by atoms with E-state index in [4.69, 9.17) is 21.1 Å². The first kappa shape index (κ1) is 26.1. The molecule has 0 atom stereocenters. The zero-order valence-electron chi connectivity index (χ0n) is 19.5. The molecular formula is C27H20BrClN2O6. The first-order chi connectivity index (χ1) is 17.8. The van der Waals surface area contributed by atoms with Crippen LogP contribution >= 0.6 is 27.5 Å². The summed E-state index contributed by atoms with van der Waals surface area (Å²) >= 11 is 9.62. The van der Waals surface area contributed by atoms with E-state index in [9.17, 15) is 19.2 Å². The van der Waals surface area contributed by atoms with Crippen LogP contribution in [0.3, 0.4) is 0 Å². The van der Waals surface area contributed by atoms with Crippen molar-refractivity contribution in [2.24, 2.45) is 0 Å². The highest BCUT2D eigenvalue weighted by molar-refractivity contribution is 9.10. The van der Waals surface area contributed by atoms with Gasteiger partial charge in [0, 0.05) is 10.6 Å². The Morgan fingerprint density at radius 3 is 2.46 bits per heavy atom. The molecule has 0 aliphatic carbocycles. The van der Waals surface area contributed by atoms with E-state index in [2.05, 4.69) is 21.2 Å². The van der Waals surface area contributed by atoms with Crippen LogP contribution in [0, 0.1) is 0 Å². The molecule has 3 aromatic rings. The number of benzene rings is 3. The summed E-state index contributed by atoms with van der Waals surface area (Å²) in [6, 6.07) is 17.2. The second-order valence-corrected chi connectivity index (χ2v) is 9.06. The van der Waals surface area contributed by atoms with Crippen molar-refractivity contribution < 1.29 is 28.7 Å². The largest absolute Gasteiger partial charge is 0.488 e. The van der Waals surface area contributed by atoms with E-state index >= 15 is 0 Å². The topological polar surface area (TPSA) is 102 Å². The third-order valence-corrected chi connectivity index (χ3v) is 6.33. The lowest BCUT2D eigenvalue weighted by atomic mass is 10.1. The van der Waals surface area contributed by atoms with E-state index in [0.717, 1.165) is 10.5 Å². The van der Waals surface area contributed by atoms with Crippen molar-refractivity contribution in [3.63, 3.8) is 0 Å². The summed E-state index contributed by atoms with van der Waals surface area (Å²) in [6.07, 6.45) is 1.38. The molecule has 8 nitrogen and oxygen atoms in total. The van der Waals surface area contributed by atoms with Gasteiger partial charge in [0.15, 0.2) is 0 Å². The Kier molecular flexibility index (Phi) is 8.05. The normalized spacial score (nSPS) is 14.5. The summed E-state index contributed by atoms with van der Waals surface area (Å²) in [5, 5.41) is 2.77. The van der Waals surface area contributed by atoms with Crippen molar-refractivity contribution in [3.8, 4) is 5.75 Å². The number of hydrogen-bond donors (Lipinski definition) is 1. The number of amides is 4. The summed E-state index contributed by atoms with van der Waals surface area (Å²) < 4.78 is 11.4. The van der Waals surface area contributed by atoms with Crippen molar-refractivity contribution in [1.82, 2.24) is 5.32 Å². The third-order valence-electron chi connectivity index (χ3n) is 5.35. The molecule has 1 N–H and O–H groups in total. The number of carbonyl (C=O) groups excluding carboxylic acids is 4. The minimum Gasteiger partial charge on any atom is -0.488 e. The Morgan fingerprint density at radius 2 is 1.78 bits per heavy atom. The average Bonchev–Trinajstić information content (AvgIpc) is 2.87. The fourth-order valence-corrected chi connectivity index (χ4v) is 4.22. The van der Waals surface area contributed by atoms with Crippen molar-refractivity contribution in [1.29, 1.82) is 0 Å². The van der Waals surface area contributed by atoms with E-state index in [-0.39, 0.29) is 30.0 Å². The number of urea groups is 1. The number of hydrogen-bond acceptors (Lipinski definition) is 6. The van der Waals surface area contributed by atoms with Gasteiger partial charge in [0.05, 0.1) is 22.3 Å². The first-order valence-corrected chi connectivity index (χ1v) is 12.3. The maximum absolute atomic E-state index is 13.2. The molecule has 0 spiro atoms. The van der Waals surface area contributed by atoms with Crippen LogP contribution in [-0.4, -0.2) is 30.4 Å². The molecule has 0 aromatic heterocycles. The molecule has 10 heteroatoms. The van der Waals surface area contributed by atoms with Gasteiger partial charge in [-0.3, -0.25) is 14.9 Å². The molecule has 4 amide bonds. The highest BCUT2D eigenvalue weighted by Crippen LogP contribution is 2.29. The monoisotopic (exact) mass is 582 g/mol. The standard InChI is InChI=1S/C27H20BrClN2O6/c1-2-36-26(34)17-8-10-19(11-9-17)31-25(33)20(24(32)30-27(31)35)13-16-7-12-23(21(28)14-16)37-15-18-5-3-4-6-22(18)29/h3-14H,2,15H2,1H3,(H,30,32,35)/b20-13+. The summed E-state index contributed by atoms with van der Waals surface area (Å²) in [7, 11) is 0. The molecule has 4 rings (SSSR count). The lowest BCUT2D eigenvalue weighted by molar-refractivity contribution is -0.122. The lowest BCUT2D eigenvalue weighted by Gasteiger charge is -2.26. The van der Waals surface area contributed by atoms with Crippen LogP contribution in [0.15, 0.2) is 76.8 Å². The number of imide groups is 2. The second kappa shape index (κ2) is 11.4. The molecule has 0 radical (unpaired) electrons. The van der Waals surface area contributed by atoms with Crippen LogP contribution in [0.2, 0.25) is 5.02 Å². The van der Waals surface area contributed by atoms with Gasteiger partial charge in [0.1, 0.15) is 17.9 Å². The van der Waals surface area contributed by atoms with Gasteiger partial charge < -0.3 is 9.47 Å². The maximum Gasteiger partial charge on any atom is 0.338 e. The van der Waals surface area contributed by atoms with Gasteiger partial charge in [0.2, 0.25) is 0 Å². The minimum absolute atomic E-state index is 0.193. The number of nitrogens with zero attached hydrogens (tertiary/aromatic N) is 1. The van der Waals surface area contributed by atoms with Crippen LogP contribution in [0.1, 0.15) is 28.4 Å². The minimum atomic E-state index is -0.888. The van der Waals surface area contributed by atoms with Crippen LogP contribution < -0.4 is 15.0 Å². The Hall–Kier alpha value is -3.95. The highest BCUT2D eigenvalue weighted by Gasteiger charge is 2.36. The van der Waals surface area contributed by atoms with Crippen molar-refractivity contribution >= 4 is 63.1 Å². The van der Waals surface area contributed by atoms with E-state index in [1.807, 2.05) is 18.2 Å². The third kappa shape index (κ3) is 5.90. The molecule has 1 saturated heterocycles. The van der Waals surface area contributed by atoms with Gasteiger partial charge in [-0.2, -0.15) is 0 Å². The van der Waals surface area contributed by atoms with Crippen LogP contribution in [0.5, 0.6) is 5.75 Å². The van der Waals surface area contributed by atoms with Crippen LogP contribution in [0.25, 0.3) is 6.08 Å². The SMILES string of the molecule is CCOC(=O)c1ccc(N2C(=O)NC(=O)/C(=C\c3ccc(OCc4ccccc4Cl)c(Br)c3)C2=O)cc1. The Bertz CT molecular complexity index is 1420. The second-order valence-electron chi connectivity index (χ2n) is 7.80. The number of anilines is 1. The van der Waals surface area contributed by atoms with Gasteiger partial charge in [-0.25, -0.2) is 14.5 Å². The van der Waals surface area contributed by atoms with Gasteiger partial charge in [-0.15, -0.1) is 0 Å². The number of halogens is 2. The number of ether oxygens (including phenoxy) is 2. The van der Waals surface area contributed by atoms with Gasteiger partial charge in [-0.1, -0.05) is 35.9 Å². The quantitative estimate of drug-likeness (QED) is 0.223. The summed E-state index contributed by atoms with van der Waals surface area (Å²) in [5.41, 5.74) is 1.59. The fraction of sp³-hybridized carbons (Fsp3) is 0.111. The first-order valence-electron chi connectivity index (χ1n) is 11.1. The summed E-state index contributed by atoms with van der Waals surface area (Å²) in [4.78, 5) is 50.8. The van der Waals surface area contributed by atoms with Gasteiger partial charge >= 0.3 is 12.0 Å². The molecule has 3 aromatic carbocycles. The smallest absolute Gasteiger partial charge is 0.338 e. The van der Waals surface area contributed by atoms with Crippen molar-refractivity contribution in [3.05, 3.63) is 98.5 Å². The summed E-state index contributed by atoms with van der Waals surface area (Å²) in [5.74, 6) is -1.60. The van der Waals surface area contributed by atoms with Crippen molar-refractivity contribution in [2.75, 3.05) is 11.5 Å². The Morgan fingerprint density at radius 1 is 1.05 bits per heavy atom. The molecule has 0 saturated carbocycles. The fourth-order valence-electron chi connectivity index (χ4n) is 3.51. The summed E-state index contributed by atoms with van der Waals surface area (Å²) in [6.45, 7) is 2.16. The van der Waals surface area contributed by atoms with E-state index in [0.29, 0.717) is 20.8 Å². The number of carbonyl (C=O) groups is 4. The predicted octanol–water partition coefficient (Wildman–Crippen LogP) is 5.52. The van der Waals surface area contributed by atoms with Gasteiger partial charge in [0.25, 0.3) is 11.8 Å². The lowest BCUT2D eigenvalue weighted by Crippen LogP contribution is -2.54. The van der Waals surface area contributed by atoms with Crippen LogP contribution in [0.4, 0.5) is 10.5 Å². The molecule has 0 unspecified atom stereocenters. The number of barbiturate groups is 1. The number of rotatable bonds is 7. The van der Waals surface area contributed by atoms with E-state index in [1.165, 1.54) is 30.3 Å². The maximum atomic E-state index is 13.2. The highest BCUT2D eigenvalue weighted by atomic mass is 79.9. The Labute approximate surface area is 225 Å². The van der Waals surface area contributed by atoms with Crippen molar-refractivity contribution in [2.45, 2.75) is 13.5 Å². The molecule has 0 bridgehead atoms. The number of esters is 1. The molecule has 1 heterocycles. The Balaban J connectivity index is 1.54.